The Bertz CT molecular complexity index is 1190. The Morgan fingerprint density at radius 2 is 1.61 bits per heavy atom. The number of nitrogens with zero attached hydrogens (tertiary/aromatic N) is 3. The van der Waals surface area contributed by atoms with Gasteiger partial charge in [-0.05, 0) is 44.5 Å². The third kappa shape index (κ3) is 5.79. The molecule has 0 radical (unpaired) electrons. The van der Waals surface area contributed by atoms with Crippen LogP contribution in [-0.2, 0) is 23.6 Å². The zero-order valence-corrected chi connectivity index (χ0v) is 19.4. The van der Waals surface area contributed by atoms with Gasteiger partial charge in [-0.25, -0.2) is 14.6 Å². The number of anilines is 2. The minimum Gasteiger partial charge on any atom is -0.464 e. The fraction of sp³-hybridized carbons (Fsp3) is 0.304. The van der Waals surface area contributed by atoms with Gasteiger partial charge in [0.15, 0.2) is 5.82 Å². The normalized spacial score (nSPS) is 11.1. The molecule has 174 valence electrons. The van der Waals surface area contributed by atoms with Crippen molar-refractivity contribution in [2.45, 2.75) is 26.4 Å². The van der Waals surface area contributed by atoms with E-state index in [1.807, 2.05) is 18.3 Å². The average molecular weight is 453 g/mol. The van der Waals surface area contributed by atoms with Crippen LogP contribution in [0.15, 0.2) is 42.7 Å². The van der Waals surface area contributed by atoms with Crippen LogP contribution in [0.3, 0.4) is 0 Å². The number of hydrogen-bond donors (Lipinski definition) is 2. The second-order valence-electron chi connectivity index (χ2n) is 8.44. The molecule has 0 aliphatic carbocycles. The highest BCUT2D eigenvalue weighted by atomic mass is 16.6. The van der Waals surface area contributed by atoms with E-state index in [2.05, 4.69) is 15.6 Å². The predicted molar refractivity (Wildman–Crippen MR) is 123 cm³/mol. The van der Waals surface area contributed by atoms with Crippen molar-refractivity contribution in [3.8, 4) is 11.1 Å². The van der Waals surface area contributed by atoms with E-state index in [0.29, 0.717) is 11.4 Å². The molecule has 3 rings (SSSR count). The zero-order chi connectivity index (χ0) is 24.3. The minimum atomic E-state index is -0.653. The molecule has 2 heterocycles. The standard InChI is InChI=1S/C23H27N5O5/c1-23(2,3)33-22(31)26-18-13-28(5)19(25-18)20(29)24-16-9-7-14(8-10-16)15-11-17(21(30)32-6)27(4)12-15/h7-13H,1-6H3,(H,24,29)(H,26,31). The fourth-order valence-electron chi connectivity index (χ4n) is 3.11. The summed E-state index contributed by atoms with van der Waals surface area (Å²) in [5.74, 6) is -0.521. The molecule has 0 spiro atoms. The molecule has 0 atom stereocenters. The summed E-state index contributed by atoms with van der Waals surface area (Å²) < 4.78 is 13.2. The van der Waals surface area contributed by atoms with Crippen LogP contribution in [0.1, 0.15) is 41.9 Å². The first-order chi connectivity index (χ1) is 15.5. The molecule has 10 nitrogen and oxygen atoms in total. The van der Waals surface area contributed by atoms with Crippen LogP contribution in [0.25, 0.3) is 11.1 Å². The van der Waals surface area contributed by atoms with Crippen molar-refractivity contribution in [1.82, 2.24) is 14.1 Å². The largest absolute Gasteiger partial charge is 0.464 e. The van der Waals surface area contributed by atoms with Gasteiger partial charge < -0.3 is 23.9 Å². The van der Waals surface area contributed by atoms with Crippen molar-refractivity contribution in [3.63, 3.8) is 0 Å². The summed E-state index contributed by atoms with van der Waals surface area (Å²) in [6.45, 7) is 5.26. The summed E-state index contributed by atoms with van der Waals surface area (Å²) in [5.41, 5.74) is 2.08. The number of hydrogen-bond acceptors (Lipinski definition) is 6. The van der Waals surface area contributed by atoms with Gasteiger partial charge in [0.25, 0.3) is 5.91 Å². The molecular formula is C23H27N5O5. The molecule has 1 aromatic carbocycles. The summed E-state index contributed by atoms with van der Waals surface area (Å²) in [7, 11) is 4.76. The molecule has 3 aromatic rings. The Labute approximate surface area is 191 Å². The summed E-state index contributed by atoms with van der Waals surface area (Å²) in [6, 6.07) is 8.91. The molecule has 0 fully saturated rings. The molecule has 2 amide bonds. The number of methoxy groups -OCH3 is 1. The van der Waals surface area contributed by atoms with Gasteiger partial charge in [-0.3, -0.25) is 10.1 Å². The number of ether oxygens (including phenoxy) is 2. The number of amides is 2. The van der Waals surface area contributed by atoms with E-state index in [9.17, 15) is 14.4 Å². The summed E-state index contributed by atoms with van der Waals surface area (Å²) in [6.07, 6.45) is 2.70. The van der Waals surface area contributed by atoms with Gasteiger partial charge in [0, 0.05) is 37.7 Å². The van der Waals surface area contributed by atoms with E-state index in [4.69, 9.17) is 9.47 Å². The Kier molecular flexibility index (Phi) is 6.57. The van der Waals surface area contributed by atoms with E-state index in [-0.39, 0.29) is 11.6 Å². The lowest BCUT2D eigenvalue weighted by Gasteiger charge is -2.18. The molecular weight excluding hydrogens is 426 g/mol. The van der Waals surface area contributed by atoms with Gasteiger partial charge >= 0.3 is 12.1 Å². The van der Waals surface area contributed by atoms with Gasteiger partial charge in [-0.1, -0.05) is 12.1 Å². The first-order valence-electron chi connectivity index (χ1n) is 10.2. The molecule has 2 N–H and O–H groups in total. The van der Waals surface area contributed by atoms with Gasteiger partial charge in [-0.2, -0.15) is 0 Å². The zero-order valence-electron chi connectivity index (χ0n) is 19.4. The van der Waals surface area contributed by atoms with Crippen molar-refractivity contribution in [2.75, 3.05) is 17.7 Å². The molecule has 2 aromatic heterocycles. The Morgan fingerprint density at radius 3 is 2.21 bits per heavy atom. The monoisotopic (exact) mass is 453 g/mol. The molecule has 0 unspecified atom stereocenters. The molecule has 0 bridgehead atoms. The summed E-state index contributed by atoms with van der Waals surface area (Å²) >= 11 is 0. The SMILES string of the molecule is COC(=O)c1cc(-c2ccc(NC(=O)c3nc(NC(=O)OC(C)(C)C)cn3C)cc2)cn1C. The lowest BCUT2D eigenvalue weighted by Crippen LogP contribution is -2.27. The molecule has 33 heavy (non-hydrogen) atoms. The molecule has 0 saturated heterocycles. The lowest BCUT2D eigenvalue weighted by atomic mass is 10.1. The van der Waals surface area contributed by atoms with E-state index < -0.39 is 23.6 Å². The quantitative estimate of drug-likeness (QED) is 0.568. The van der Waals surface area contributed by atoms with Crippen molar-refractivity contribution < 1.29 is 23.9 Å². The van der Waals surface area contributed by atoms with E-state index in [1.165, 1.54) is 17.9 Å². The number of aryl methyl sites for hydroxylation is 2. The Balaban J connectivity index is 1.68. The third-order valence-corrected chi connectivity index (χ3v) is 4.58. The lowest BCUT2D eigenvalue weighted by molar-refractivity contribution is 0.0587. The third-order valence-electron chi connectivity index (χ3n) is 4.58. The Hall–Kier alpha value is -4.08. The van der Waals surface area contributed by atoms with Crippen LogP contribution in [0.4, 0.5) is 16.3 Å². The Morgan fingerprint density at radius 1 is 0.939 bits per heavy atom. The topological polar surface area (TPSA) is 116 Å². The van der Waals surface area contributed by atoms with Crippen molar-refractivity contribution >= 4 is 29.5 Å². The van der Waals surface area contributed by atoms with E-state index in [1.54, 1.807) is 57.6 Å². The smallest absolute Gasteiger partial charge is 0.413 e. The number of benzene rings is 1. The highest BCUT2D eigenvalue weighted by molar-refractivity contribution is 6.02. The first kappa shape index (κ1) is 23.6. The highest BCUT2D eigenvalue weighted by Crippen LogP contribution is 2.24. The number of nitrogens with one attached hydrogen (secondary N) is 2. The van der Waals surface area contributed by atoms with E-state index in [0.717, 1.165) is 11.1 Å². The minimum absolute atomic E-state index is 0.121. The van der Waals surface area contributed by atoms with Gasteiger partial charge in [-0.15, -0.1) is 0 Å². The maximum Gasteiger partial charge on any atom is 0.413 e. The van der Waals surface area contributed by atoms with Gasteiger partial charge in [0.1, 0.15) is 11.3 Å². The number of aromatic nitrogens is 3. The number of carbonyl (C=O) groups is 3. The number of esters is 1. The number of carbonyl (C=O) groups excluding carboxylic acids is 3. The van der Waals surface area contributed by atoms with Crippen molar-refractivity contribution in [3.05, 3.63) is 54.2 Å². The second-order valence-corrected chi connectivity index (χ2v) is 8.44. The summed E-state index contributed by atoms with van der Waals surface area (Å²) in [4.78, 5) is 40.6. The first-order valence-corrected chi connectivity index (χ1v) is 10.2. The van der Waals surface area contributed by atoms with Crippen molar-refractivity contribution in [1.29, 1.82) is 0 Å². The van der Waals surface area contributed by atoms with Gasteiger partial charge in [0.2, 0.25) is 5.82 Å². The van der Waals surface area contributed by atoms with Crippen LogP contribution in [-0.4, -0.2) is 44.8 Å². The average Bonchev–Trinajstić information content (AvgIpc) is 3.28. The molecule has 10 heteroatoms. The molecule has 0 aliphatic rings. The molecule has 0 saturated carbocycles. The van der Waals surface area contributed by atoms with Crippen LogP contribution in [0.5, 0.6) is 0 Å². The second kappa shape index (κ2) is 9.19. The van der Waals surface area contributed by atoms with Crippen LogP contribution in [0.2, 0.25) is 0 Å². The van der Waals surface area contributed by atoms with Crippen LogP contribution in [0, 0.1) is 0 Å². The predicted octanol–water partition coefficient (Wildman–Crippen LogP) is 3.81. The molecule has 0 aliphatic heterocycles. The fourth-order valence-corrected chi connectivity index (χ4v) is 3.11. The van der Waals surface area contributed by atoms with Crippen LogP contribution >= 0.6 is 0 Å². The summed E-state index contributed by atoms with van der Waals surface area (Å²) in [5, 5.41) is 5.30. The number of rotatable bonds is 5. The maximum atomic E-state index is 12.7. The number of imidazole rings is 1. The van der Waals surface area contributed by atoms with Crippen LogP contribution < -0.4 is 10.6 Å². The van der Waals surface area contributed by atoms with Gasteiger partial charge in [0.05, 0.1) is 7.11 Å². The van der Waals surface area contributed by atoms with Crippen molar-refractivity contribution in [2.24, 2.45) is 14.1 Å². The van der Waals surface area contributed by atoms with E-state index >= 15 is 0 Å². The maximum absolute atomic E-state index is 12.7. The highest BCUT2D eigenvalue weighted by Gasteiger charge is 2.20.